The number of rotatable bonds is 8. The molecule has 1 aromatic heterocycles. The van der Waals surface area contributed by atoms with Crippen molar-refractivity contribution in [2.45, 2.75) is 62.9 Å². The van der Waals surface area contributed by atoms with Crippen molar-refractivity contribution in [3.8, 4) is 0 Å². The van der Waals surface area contributed by atoms with Crippen molar-refractivity contribution in [3.63, 3.8) is 0 Å². The van der Waals surface area contributed by atoms with Crippen molar-refractivity contribution in [2.75, 3.05) is 31.7 Å². The number of carbonyl (C=O) groups is 1. The van der Waals surface area contributed by atoms with Crippen molar-refractivity contribution in [1.29, 1.82) is 0 Å². The van der Waals surface area contributed by atoms with Crippen molar-refractivity contribution in [2.24, 2.45) is 11.8 Å². The van der Waals surface area contributed by atoms with E-state index in [9.17, 15) is 9.90 Å². The predicted molar refractivity (Wildman–Crippen MR) is 156 cm³/mol. The minimum atomic E-state index is -0.804. The van der Waals surface area contributed by atoms with Crippen LogP contribution in [-0.2, 0) is 27.7 Å². The van der Waals surface area contributed by atoms with Crippen LogP contribution >= 0.6 is 0 Å². The summed E-state index contributed by atoms with van der Waals surface area (Å²) in [4.78, 5) is 17.6. The van der Waals surface area contributed by atoms with Crippen LogP contribution in [0.5, 0.6) is 0 Å². The first-order valence-corrected chi connectivity index (χ1v) is 14.7. The fourth-order valence-corrected chi connectivity index (χ4v) is 7.14. The van der Waals surface area contributed by atoms with E-state index in [1.807, 2.05) is 25.1 Å². The molecule has 2 fully saturated rings. The number of hydrogen-bond donors (Lipinski definition) is 2. The standard InChI is InChI=1S/C34H40N2O4/c1-24-31(11-6-16-35-24)36-32(37)28-12-13-30-27(17-28)9-5-10-29-19-33(38,23-40-22-26-20-39-21-26)14-15-34(29,30)18-25-7-3-2-4-8-25/h2-4,6-8,11-13,16-17,26,29,38H,5,9-10,14-15,18-23H2,1H3,(H,36,37)/t29-,33+,34-/m0/s1. The lowest BCUT2D eigenvalue weighted by molar-refractivity contribution is -0.125. The normalized spacial score (nSPS) is 26.2. The van der Waals surface area contributed by atoms with E-state index in [0.717, 1.165) is 63.1 Å². The quantitative estimate of drug-likeness (QED) is 0.386. The third-order valence-electron chi connectivity index (χ3n) is 9.40. The van der Waals surface area contributed by atoms with Crippen LogP contribution in [0.1, 0.15) is 64.8 Å². The van der Waals surface area contributed by atoms with Gasteiger partial charge in [0.05, 0.1) is 43.4 Å². The highest BCUT2D eigenvalue weighted by Gasteiger charge is 2.51. The molecule has 1 saturated heterocycles. The minimum Gasteiger partial charge on any atom is -0.387 e. The number of benzene rings is 2. The van der Waals surface area contributed by atoms with Crippen LogP contribution in [0.4, 0.5) is 5.69 Å². The van der Waals surface area contributed by atoms with E-state index in [4.69, 9.17) is 9.47 Å². The van der Waals surface area contributed by atoms with Gasteiger partial charge in [-0.1, -0.05) is 36.4 Å². The first-order valence-electron chi connectivity index (χ1n) is 14.7. The molecule has 1 amide bonds. The number of amides is 1. The van der Waals surface area contributed by atoms with E-state index in [1.165, 1.54) is 16.7 Å². The monoisotopic (exact) mass is 540 g/mol. The molecule has 1 saturated carbocycles. The second-order valence-electron chi connectivity index (χ2n) is 12.2. The average Bonchev–Trinajstić information content (AvgIpc) is 3.08. The van der Waals surface area contributed by atoms with Crippen molar-refractivity contribution in [3.05, 3.63) is 94.8 Å². The molecule has 0 radical (unpaired) electrons. The third-order valence-corrected chi connectivity index (χ3v) is 9.40. The minimum absolute atomic E-state index is 0.0871. The summed E-state index contributed by atoms with van der Waals surface area (Å²) in [6.07, 6.45) is 8.04. The van der Waals surface area contributed by atoms with Gasteiger partial charge in [-0.2, -0.15) is 0 Å². The zero-order valence-electron chi connectivity index (χ0n) is 23.4. The number of hydrogen-bond acceptors (Lipinski definition) is 5. The van der Waals surface area contributed by atoms with Crippen molar-refractivity contribution >= 4 is 11.6 Å². The Bertz CT molecular complexity index is 1340. The van der Waals surface area contributed by atoms with Crippen molar-refractivity contribution in [1.82, 2.24) is 4.98 Å². The second-order valence-corrected chi connectivity index (χ2v) is 12.2. The molecule has 40 heavy (non-hydrogen) atoms. The number of nitrogens with one attached hydrogen (secondary N) is 1. The maximum absolute atomic E-state index is 13.3. The summed E-state index contributed by atoms with van der Waals surface area (Å²) in [6, 6.07) is 20.8. The zero-order valence-corrected chi connectivity index (χ0v) is 23.4. The molecule has 6 nitrogen and oxygen atoms in total. The first kappa shape index (κ1) is 27.1. The fraction of sp³-hybridized carbons (Fsp3) is 0.471. The van der Waals surface area contributed by atoms with E-state index in [2.05, 4.69) is 52.8 Å². The largest absolute Gasteiger partial charge is 0.387 e. The first-order chi connectivity index (χ1) is 19.4. The number of nitrogens with zero attached hydrogens (tertiary/aromatic N) is 1. The summed E-state index contributed by atoms with van der Waals surface area (Å²) in [5.41, 5.74) is 5.26. The average molecular weight is 541 g/mol. The van der Waals surface area contributed by atoms with Gasteiger partial charge >= 0.3 is 0 Å². The highest BCUT2D eigenvalue weighted by Crippen LogP contribution is 2.53. The Kier molecular flexibility index (Phi) is 7.76. The number of fused-ring (bicyclic) bond motifs is 3. The van der Waals surface area contributed by atoms with Crippen LogP contribution in [0.25, 0.3) is 0 Å². The summed E-state index contributed by atoms with van der Waals surface area (Å²) in [6.45, 7) is 4.48. The van der Waals surface area contributed by atoms with Gasteiger partial charge in [0.15, 0.2) is 0 Å². The summed E-state index contributed by atoms with van der Waals surface area (Å²) in [5, 5.41) is 14.7. The molecule has 2 aliphatic carbocycles. The summed E-state index contributed by atoms with van der Waals surface area (Å²) in [5.74, 6) is 0.687. The molecule has 0 bridgehead atoms. The van der Waals surface area contributed by atoms with Gasteiger partial charge < -0.3 is 19.9 Å². The summed E-state index contributed by atoms with van der Waals surface area (Å²) < 4.78 is 11.3. The molecule has 0 unspecified atom stereocenters. The van der Waals surface area contributed by atoms with Gasteiger partial charge in [-0.25, -0.2) is 0 Å². The molecule has 1 aliphatic heterocycles. The Hall–Kier alpha value is -3.06. The van der Waals surface area contributed by atoms with Gasteiger partial charge in [0.25, 0.3) is 5.91 Å². The Morgan fingerprint density at radius 2 is 1.98 bits per heavy atom. The summed E-state index contributed by atoms with van der Waals surface area (Å²) in [7, 11) is 0. The maximum Gasteiger partial charge on any atom is 0.255 e. The molecular formula is C34H40N2O4. The Morgan fingerprint density at radius 3 is 2.75 bits per heavy atom. The number of aromatic nitrogens is 1. The van der Waals surface area contributed by atoms with Gasteiger partial charge in [-0.15, -0.1) is 0 Å². The van der Waals surface area contributed by atoms with Gasteiger partial charge in [-0.05, 0) is 98.7 Å². The molecule has 2 N–H and O–H groups in total. The molecule has 3 atom stereocenters. The van der Waals surface area contributed by atoms with Gasteiger partial charge in [0.1, 0.15) is 0 Å². The van der Waals surface area contributed by atoms with Crippen LogP contribution in [0, 0.1) is 18.8 Å². The van der Waals surface area contributed by atoms with E-state index >= 15 is 0 Å². The Labute approximate surface area is 237 Å². The number of aryl methyl sites for hydroxylation is 2. The molecule has 3 aromatic rings. The molecule has 0 spiro atoms. The van der Waals surface area contributed by atoms with Crippen LogP contribution < -0.4 is 5.32 Å². The molecule has 6 heteroatoms. The smallest absolute Gasteiger partial charge is 0.255 e. The number of anilines is 1. The van der Waals surface area contributed by atoms with E-state index in [-0.39, 0.29) is 11.3 Å². The van der Waals surface area contributed by atoms with Crippen LogP contribution in [0.15, 0.2) is 66.9 Å². The van der Waals surface area contributed by atoms with Gasteiger partial charge in [0.2, 0.25) is 0 Å². The third kappa shape index (κ3) is 5.58. The molecule has 210 valence electrons. The van der Waals surface area contributed by atoms with Crippen LogP contribution in [0.2, 0.25) is 0 Å². The zero-order chi connectivity index (χ0) is 27.6. The molecule has 6 rings (SSSR count). The highest BCUT2D eigenvalue weighted by atomic mass is 16.5. The topological polar surface area (TPSA) is 80.7 Å². The van der Waals surface area contributed by atoms with E-state index < -0.39 is 5.60 Å². The van der Waals surface area contributed by atoms with Crippen LogP contribution in [0.3, 0.4) is 0 Å². The molecular weight excluding hydrogens is 500 g/mol. The van der Waals surface area contributed by atoms with Gasteiger partial charge in [-0.3, -0.25) is 9.78 Å². The second kappa shape index (κ2) is 11.4. The lowest BCUT2D eigenvalue weighted by atomic mass is 9.56. The lowest BCUT2D eigenvalue weighted by Crippen LogP contribution is -2.51. The van der Waals surface area contributed by atoms with Gasteiger partial charge in [0, 0.05) is 23.1 Å². The SMILES string of the molecule is Cc1ncccc1NC(=O)c1ccc2c(c1)CCC[C@H]1C[C@@](O)(COCC3COC3)CC[C@@]21Cc1ccccc1. The molecule has 3 aliphatic rings. The fourth-order valence-electron chi connectivity index (χ4n) is 7.14. The predicted octanol–water partition coefficient (Wildman–Crippen LogP) is 5.65. The molecule has 2 aromatic carbocycles. The molecule has 2 heterocycles. The van der Waals surface area contributed by atoms with E-state index in [1.54, 1.807) is 6.20 Å². The lowest BCUT2D eigenvalue weighted by Gasteiger charge is -2.50. The number of carbonyl (C=O) groups excluding carboxylic acids is 1. The highest BCUT2D eigenvalue weighted by molar-refractivity contribution is 6.04. The summed E-state index contributed by atoms with van der Waals surface area (Å²) >= 11 is 0. The Morgan fingerprint density at radius 1 is 1.12 bits per heavy atom. The number of pyridine rings is 1. The number of ether oxygens (including phenoxy) is 2. The maximum atomic E-state index is 13.3. The van der Waals surface area contributed by atoms with Crippen molar-refractivity contribution < 1.29 is 19.4 Å². The number of aliphatic hydroxyl groups is 1. The Balaban J connectivity index is 1.29. The van der Waals surface area contributed by atoms with Crippen LogP contribution in [-0.4, -0.2) is 48.0 Å². The van der Waals surface area contributed by atoms with E-state index in [0.29, 0.717) is 37.0 Å².